The van der Waals surface area contributed by atoms with Gasteiger partial charge in [0.2, 0.25) is 0 Å². The Labute approximate surface area is 143 Å². The van der Waals surface area contributed by atoms with Gasteiger partial charge >= 0.3 is 0 Å². The molecule has 0 spiro atoms. The summed E-state index contributed by atoms with van der Waals surface area (Å²) in [5.41, 5.74) is 1.03. The first-order valence-corrected chi connectivity index (χ1v) is 8.12. The van der Waals surface area contributed by atoms with Crippen LogP contribution in [0.1, 0.15) is 25.5 Å². The fourth-order valence-electron chi connectivity index (χ4n) is 2.25. The quantitative estimate of drug-likeness (QED) is 0.805. The molecule has 0 fully saturated rings. The van der Waals surface area contributed by atoms with Crippen LogP contribution in [0.15, 0.2) is 42.7 Å². The first-order valence-electron chi connectivity index (χ1n) is 8.12. The number of para-hydroxylation sites is 1. The van der Waals surface area contributed by atoms with Crippen LogP contribution in [-0.4, -0.2) is 47.3 Å². The number of hydrogen-bond acceptors (Lipinski definition) is 4. The highest BCUT2D eigenvalue weighted by Crippen LogP contribution is 2.19. The molecule has 1 heterocycles. The van der Waals surface area contributed by atoms with Crippen molar-refractivity contribution in [2.75, 3.05) is 20.7 Å². The van der Waals surface area contributed by atoms with E-state index in [1.165, 1.54) is 4.90 Å². The number of benzene rings is 1. The summed E-state index contributed by atoms with van der Waals surface area (Å²) < 4.78 is 7.62. The van der Waals surface area contributed by atoms with E-state index in [0.717, 1.165) is 11.3 Å². The zero-order valence-corrected chi connectivity index (χ0v) is 14.8. The van der Waals surface area contributed by atoms with Gasteiger partial charge in [-0.3, -0.25) is 9.48 Å². The Morgan fingerprint density at radius 2 is 2.04 bits per heavy atom. The first kappa shape index (κ1) is 18.0. The molecule has 1 N–H and O–H groups in total. The summed E-state index contributed by atoms with van der Waals surface area (Å²) in [5, 5.41) is 7.79. The molecule has 0 radical (unpaired) electrons. The van der Waals surface area contributed by atoms with Gasteiger partial charge in [0.1, 0.15) is 5.75 Å². The topological polar surface area (TPSA) is 59.4 Å². The highest BCUT2D eigenvalue weighted by atomic mass is 16.5. The van der Waals surface area contributed by atoms with Crippen LogP contribution < -0.4 is 10.1 Å². The molecule has 0 bridgehead atoms. The average Bonchev–Trinajstić information content (AvgIpc) is 3.11. The van der Waals surface area contributed by atoms with Crippen LogP contribution in [0, 0.1) is 0 Å². The number of nitrogens with zero attached hydrogens (tertiary/aromatic N) is 3. The van der Waals surface area contributed by atoms with E-state index >= 15 is 0 Å². The lowest BCUT2D eigenvalue weighted by molar-refractivity contribution is -0.130. The molecule has 0 aliphatic carbocycles. The maximum absolute atomic E-state index is 11.7. The summed E-state index contributed by atoms with van der Waals surface area (Å²) in [7, 11) is 3.44. The van der Waals surface area contributed by atoms with Crippen molar-refractivity contribution in [1.82, 2.24) is 20.0 Å². The summed E-state index contributed by atoms with van der Waals surface area (Å²) in [6.07, 6.45) is 3.75. The number of nitrogens with one attached hydrogen (secondary N) is 1. The predicted octanol–water partition coefficient (Wildman–Crippen LogP) is 2.09. The number of carbonyl (C=O) groups is 1. The Kier molecular flexibility index (Phi) is 6.37. The molecule has 0 unspecified atom stereocenters. The van der Waals surface area contributed by atoms with Crippen molar-refractivity contribution >= 4 is 5.91 Å². The van der Waals surface area contributed by atoms with Crippen molar-refractivity contribution in [3.63, 3.8) is 0 Å². The second-order valence-corrected chi connectivity index (χ2v) is 6.08. The van der Waals surface area contributed by atoms with Gasteiger partial charge < -0.3 is 15.0 Å². The third kappa shape index (κ3) is 4.83. The van der Waals surface area contributed by atoms with Gasteiger partial charge in [0.25, 0.3) is 5.91 Å². The Morgan fingerprint density at radius 1 is 1.29 bits per heavy atom. The van der Waals surface area contributed by atoms with Gasteiger partial charge in [-0.25, -0.2) is 0 Å². The molecular weight excluding hydrogens is 304 g/mol. The third-order valence-electron chi connectivity index (χ3n) is 4.10. The van der Waals surface area contributed by atoms with Gasteiger partial charge in [0, 0.05) is 44.6 Å². The van der Waals surface area contributed by atoms with Gasteiger partial charge in [-0.05, 0) is 26.0 Å². The summed E-state index contributed by atoms with van der Waals surface area (Å²) in [5.74, 6) is 0.678. The molecule has 0 aliphatic heterocycles. The number of rotatable bonds is 8. The molecule has 0 saturated carbocycles. The molecule has 130 valence electrons. The van der Waals surface area contributed by atoms with Crippen LogP contribution in [0.4, 0.5) is 0 Å². The largest absolute Gasteiger partial charge is 0.483 e. The van der Waals surface area contributed by atoms with Crippen molar-refractivity contribution < 1.29 is 9.53 Å². The molecule has 1 amide bonds. The first-order chi connectivity index (χ1) is 11.5. The number of aromatic nitrogens is 2. The molecule has 6 nitrogen and oxygen atoms in total. The van der Waals surface area contributed by atoms with Gasteiger partial charge in [0.15, 0.2) is 6.61 Å². The van der Waals surface area contributed by atoms with Crippen molar-refractivity contribution in [3.05, 3.63) is 48.3 Å². The van der Waals surface area contributed by atoms with E-state index < -0.39 is 0 Å². The van der Waals surface area contributed by atoms with Crippen LogP contribution in [0.3, 0.4) is 0 Å². The van der Waals surface area contributed by atoms with Gasteiger partial charge in [0.05, 0.1) is 6.04 Å². The van der Waals surface area contributed by atoms with Crippen molar-refractivity contribution in [1.29, 1.82) is 0 Å². The molecular formula is C18H26N4O2. The molecule has 0 saturated heterocycles. The maximum Gasteiger partial charge on any atom is 0.259 e. The van der Waals surface area contributed by atoms with Crippen LogP contribution >= 0.6 is 0 Å². The SMILES string of the molecule is C[C@H](NCc1ccccc1OCC(=O)N(C)C)[C@H](C)n1cccn1. The van der Waals surface area contributed by atoms with Gasteiger partial charge in [-0.2, -0.15) is 5.10 Å². The van der Waals surface area contributed by atoms with Crippen LogP contribution in [0.5, 0.6) is 5.75 Å². The Bertz CT molecular complexity index is 640. The summed E-state index contributed by atoms with van der Waals surface area (Å²) >= 11 is 0. The number of amides is 1. The summed E-state index contributed by atoms with van der Waals surface area (Å²) in [6.45, 7) is 4.97. The second-order valence-electron chi connectivity index (χ2n) is 6.08. The predicted molar refractivity (Wildman–Crippen MR) is 93.9 cm³/mol. The highest BCUT2D eigenvalue weighted by molar-refractivity contribution is 5.77. The molecule has 2 aromatic rings. The molecule has 1 aromatic carbocycles. The smallest absolute Gasteiger partial charge is 0.259 e. The van der Waals surface area contributed by atoms with Crippen LogP contribution in [0.2, 0.25) is 0 Å². The van der Waals surface area contributed by atoms with Gasteiger partial charge in [-0.1, -0.05) is 18.2 Å². The summed E-state index contributed by atoms with van der Waals surface area (Å²) in [6, 6.07) is 10.2. The van der Waals surface area contributed by atoms with E-state index in [1.807, 2.05) is 41.2 Å². The zero-order chi connectivity index (χ0) is 17.5. The number of carbonyl (C=O) groups excluding carboxylic acids is 1. The minimum Gasteiger partial charge on any atom is -0.483 e. The Morgan fingerprint density at radius 3 is 2.71 bits per heavy atom. The summed E-state index contributed by atoms with van der Waals surface area (Å²) in [4.78, 5) is 13.2. The third-order valence-corrected chi connectivity index (χ3v) is 4.10. The molecule has 0 aliphatic rings. The van der Waals surface area contributed by atoms with E-state index in [0.29, 0.717) is 6.54 Å². The highest BCUT2D eigenvalue weighted by Gasteiger charge is 2.15. The fourth-order valence-corrected chi connectivity index (χ4v) is 2.25. The molecule has 6 heteroatoms. The number of hydrogen-bond donors (Lipinski definition) is 1. The van der Waals surface area contributed by atoms with Crippen LogP contribution in [-0.2, 0) is 11.3 Å². The monoisotopic (exact) mass is 330 g/mol. The number of ether oxygens (including phenoxy) is 1. The lowest BCUT2D eigenvalue weighted by Crippen LogP contribution is -2.33. The second kappa shape index (κ2) is 8.49. The van der Waals surface area contributed by atoms with Gasteiger partial charge in [-0.15, -0.1) is 0 Å². The standard InChI is InChI=1S/C18H26N4O2/c1-14(15(2)22-11-7-10-20-22)19-12-16-8-5-6-9-17(16)24-13-18(23)21(3)4/h5-11,14-15,19H,12-13H2,1-4H3/t14-,15-/m0/s1. The minimum absolute atomic E-state index is 0.0449. The minimum atomic E-state index is -0.0570. The van der Waals surface area contributed by atoms with E-state index in [1.54, 1.807) is 20.3 Å². The Hall–Kier alpha value is -2.34. The average molecular weight is 330 g/mol. The van der Waals surface area contributed by atoms with E-state index in [2.05, 4.69) is 24.3 Å². The lowest BCUT2D eigenvalue weighted by Gasteiger charge is -2.22. The van der Waals surface area contributed by atoms with E-state index in [9.17, 15) is 4.79 Å². The fraction of sp³-hybridized carbons (Fsp3) is 0.444. The number of likely N-dealkylation sites (N-methyl/N-ethyl adjacent to an activating group) is 1. The lowest BCUT2D eigenvalue weighted by atomic mass is 10.1. The van der Waals surface area contributed by atoms with E-state index in [4.69, 9.17) is 4.74 Å². The molecule has 24 heavy (non-hydrogen) atoms. The normalized spacial score (nSPS) is 13.3. The molecule has 2 atom stereocenters. The van der Waals surface area contributed by atoms with Crippen molar-refractivity contribution in [2.24, 2.45) is 0 Å². The van der Waals surface area contributed by atoms with Crippen molar-refractivity contribution in [3.8, 4) is 5.75 Å². The van der Waals surface area contributed by atoms with E-state index in [-0.39, 0.29) is 24.6 Å². The molecule has 1 aromatic heterocycles. The zero-order valence-electron chi connectivity index (χ0n) is 14.8. The Balaban J connectivity index is 1.93. The van der Waals surface area contributed by atoms with Crippen LogP contribution in [0.25, 0.3) is 0 Å². The van der Waals surface area contributed by atoms with Crippen molar-refractivity contribution in [2.45, 2.75) is 32.5 Å². The molecule has 2 rings (SSSR count). The maximum atomic E-state index is 11.7.